The van der Waals surface area contributed by atoms with Crippen molar-refractivity contribution < 1.29 is 18.5 Å². The van der Waals surface area contributed by atoms with E-state index in [4.69, 9.17) is 27.6 Å². The van der Waals surface area contributed by atoms with Gasteiger partial charge in [-0.2, -0.15) is 5.26 Å². The lowest BCUT2D eigenvalue weighted by Gasteiger charge is -2.05. The highest BCUT2D eigenvalue weighted by atomic mass is 35.5. The van der Waals surface area contributed by atoms with Crippen molar-refractivity contribution in [3.05, 3.63) is 85.8 Å². The number of furan rings is 1. The van der Waals surface area contributed by atoms with Crippen LogP contribution >= 0.6 is 23.2 Å². The zero-order valence-electron chi connectivity index (χ0n) is 14.9. The van der Waals surface area contributed by atoms with Gasteiger partial charge in [0.1, 0.15) is 29.0 Å². The molecule has 0 atom stereocenters. The highest BCUT2D eigenvalue weighted by Gasteiger charge is 2.17. The number of amides is 1. The molecular formula is C20H10Cl2FN3O4. The average molecular weight is 446 g/mol. The molecule has 30 heavy (non-hydrogen) atoms. The van der Waals surface area contributed by atoms with Crippen LogP contribution < -0.4 is 5.32 Å². The Kier molecular flexibility index (Phi) is 6.16. The number of benzene rings is 2. The summed E-state index contributed by atoms with van der Waals surface area (Å²) < 4.78 is 19.5. The molecule has 3 rings (SSSR count). The number of nitro groups is 1. The predicted octanol–water partition coefficient (Wildman–Crippen LogP) is 5.85. The first-order chi connectivity index (χ1) is 14.3. The first kappa shape index (κ1) is 21.0. The standard InChI is InChI=1S/C20H10Cl2FN3O4/c21-15-3-1-2-14(19(15)22)18-7-5-13(30-18)8-11(10-24)20(27)25-17-9-12(26(28)29)4-6-16(17)23/h1-9H,(H,25,27). The lowest BCUT2D eigenvalue weighted by atomic mass is 10.2. The van der Waals surface area contributed by atoms with Crippen LogP contribution in [0.3, 0.4) is 0 Å². The zero-order chi connectivity index (χ0) is 21.8. The molecule has 10 heteroatoms. The van der Waals surface area contributed by atoms with Crippen LogP contribution in [0.4, 0.5) is 15.8 Å². The van der Waals surface area contributed by atoms with E-state index in [-0.39, 0.29) is 10.8 Å². The normalized spacial score (nSPS) is 11.1. The molecule has 0 fully saturated rings. The zero-order valence-corrected chi connectivity index (χ0v) is 16.4. The molecule has 7 nitrogen and oxygen atoms in total. The summed E-state index contributed by atoms with van der Waals surface area (Å²) in [5, 5.41) is 22.9. The van der Waals surface area contributed by atoms with E-state index in [0.717, 1.165) is 24.3 Å². The molecule has 0 spiro atoms. The summed E-state index contributed by atoms with van der Waals surface area (Å²) in [6.45, 7) is 0. The maximum Gasteiger partial charge on any atom is 0.271 e. The summed E-state index contributed by atoms with van der Waals surface area (Å²) in [6, 6.07) is 12.4. The van der Waals surface area contributed by atoms with Crippen LogP contribution in [-0.2, 0) is 4.79 Å². The molecular weight excluding hydrogens is 436 g/mol. The average Bonchev–Trinajstić information content (AvgIpc) is 3.18. The SMILES string of the molecule is N#CC(=Cc1ccc(-c2cccc(Cl)c2Cl)o1)C(=O)Nc1cc([N+](=O)[O-])ccc1F. The molecule has 1 amide bonds. The topological polar surface area (TPSA) is 109 Å². The number of hydrogen-bond donors (Lipinski definition) is 1. The summed E-state index contributed by atoms with van der Waals surface area (Å²) in [5.41, 5.74) is -0.728. The maximum absolute atomic E-state index is 13.9. The summed E-state index contributed by atoms with van der Waals surface area (Å²) in [6.07, 6.45) is 1.15. The summed E-state index contributed by atoms with van der Waals surface area (Å²) in [4.78, 5) is 22.4. The number of carbonyl (C=O) groups excluding carboxylic acids is 1. The first-order valence-electron chi connectivity index (χ1n) is 8.21. The number of nitro benzene ring substituents is 1. The van der Waals surface area contributed by atoms with E-state index in [0.29, 0.717) is 16.3 Å². The highest BCUT2D eigenvalue weighted by Crippen LogP contribution is 2.34. The Balaban J connectivity index is 1.86. The van der Waals surface area contributed by atoms with Gasteiger partial charge in [-0.15, -0.1) is 0 Å². The fourth-order valence-electron chi connectivity index (χ4n) is 2.47. The summed E-state index contributed by atoms with van der Waals surface area (Å²) in [5.74, 6) is -1.33. The lowest BCUT2D eigenvalue weighted by molar-refractivity contribution is -0.384. The van der Waals surface area contributed by atoms with Gasteiger partial charge in [-0.05, 0) is 30.3 Å². The highest BCUT2D eigenvalue weighted by molar-refractivity contribution is 6.43. The number of non-ortho nitro benzene ring substituents is 1. The number of halogens is 3. The molecule has 1 aromatic heterocycles. The minimum atomic E-state index is -0.962. The van der Waals surface area contributed by atoms with Gasteiger partial charge in [0.2, 0.25) is 0 Å². The minimum Gasteiger partial charge on any atom is -0.457 e. The van der Waals surface area contributed by atoms with Gasteiger partial charge >= 0.3 is 0 Å². The molecule has 2 aromatic carbocycles. The van der Waals surface area contributed by atoms with Crippen LogP contribution in [0, 0.1) is 27.3 Å². The van der Waals surface area contributed by atoms with Crippen LogP contribution in [0.2, 0.25) is 10.0 Å². The Morgan fingerprint density at radius 2 is 2.00 bits per heavy atom. The van der Waals surface area contributed by atoms with Crippen molar-refractivity contribution in [2.75, 3.05) is 5.32 Å². The molecule has 0 aliphatic heterocycles. The third-order valence-corrected chi connectivity index (χ3v) is 4.72. The van der Waals surface area contributed by atoms with E-state index in [2.05, 4.69) is 5.32 Å². The fraction of sp³-hybridized carbons (Fsp3) is 0. The third-order valence-electron chi connectivity index (χ3n) is 3.90. The van der Waals surface area contributed by atoms with Crippen molar-refractivity contribution >= 4 is 46.6 Å². The van der Waals surface area contributed by atoms with Gasteiger partial charge in [-0.3, -0.25) is 14.9 Å². The predicted molar refractivity (Wildman–Crippen MR) is 109 cm³/mol. The van der Waals surface area contributed by atoms with E-state index in [1.54, 1.807) is 30.3 Å². The van der Waals surface area contributed by atoms with Gasteiger partial charge < -0.3 is 9.73 Å². The van der Waals surface area contributed by atoms with E-state index in [9.17, 15) is 24.6 Å². The Morgan fingerprint density at radius 1 is 1.23 bits per heavy atom. The third kappa shape index (κ3) is 4.49. The van der Waals surface area contributed by atoms with Crippen LogP contribution in [0.5, 0.6) is 0 Å². The van der Waals surface area contributed by atoms with Gasteiger partial charge in [0.15, 0.2) is 0 Å². The van der Waals surface area contributed by atoms with Crippen molar-refractivity contribution in [2.24, 2.45) is 0 Å². The van der Waals surface area contributed by atoms with Gasteiger partial charge in [0.25, 0.3) is 11.6 Å². The molecule has 0 unspecified atom stereocenters. The van der Waals surface area contributed by atoms with Crippen LogP contribution in [0.1, 0.15) is 5.76 Å². The number of anilines is 1. The molecule has 0 saturated carbocycles. The molecule has 0 bridgehead atoms. The minimum absolute atomic E-state index is 0.159. The quantitative estimate of drug-likeness (QED) is 0.229. The van der Waals surface area contributed by atoms with Crippen LogP contribution in [-0.4, -0.2) is 10.8 Å². The van der Waals surface area contributed by atoms with Crippen molar-refractivity contribution in [3.63, 3.8) is 0 Å². The van der Waals surface area contributed by atoms with E-state index >= 15 is 0 Å². The molecule has 0 saturated heterocycles. The monoisotopic (exact) mass is 445 g/mol. The summed E-state index contributed by atoms with van der Waals surface area (Å²) >= 11 is 12.1. The van der Waals surface area contributed by atoms with E-state index < -0.39 is 33.6 Å². The van der Waals surface area contributed by atoms with Gasteiger partial charge in [-0.25, -0.2) is 4.39 Å². The number of nitriles is 1. The number of rotatable bonds is 5. The second kappa shape index (κ2) is 8.78. The number of nitrogens with zero attached hydrogens (tertiary/aromatic N) is 2. The second-order valence-electron chi connectivity index (χ2n) is 5.85. The maximum atomic E-state index is 13.9. The smallest absolute Gasteiger partial charge is 0.271 e. The fourth-order valence-corrected chi connectivity index (χ4v) is 2.87. The molecule has 3 aromatic rings. The van der Waals surface area contributed by atoms with Crippen LogP contribution in [0.25, 0.3) is 17.4 Å². The Hall–Kier alpha value is -3.67. The molecule has 1 heterocycles. The molecule has 0 aliphatic rings. The van der Waals surface area contributed by atoms with Gasteiger partial charge in [0.05, 0.1) is 20.7 Å². The second-order valence-corrected chi connectivity index (χ2v) is 6.63. The molecule has 150 valence electrons. The number of nitrogens with one attached hydrogen (secondary N) is 1. The van der Waals surface area contributed by atoms with Crippen LogP contribution in [0.15, 0.2) is 58.5 Å². The molecule has 1 N–H and O–H groups in total. The number of carbonyl (C=O) groups is 1. The Labute approximate surface area is 179 Å². The van der Waals surface area contributed by atoms with Crippen molar-refractivity contribution in [1.29, 1.82) is 5.26 Å². The van der Waals surface area contributed by atoms with E-state index in [1.165, 1.54) is 6.07 Å². The Morgan fingerprint density at radius 3 is 2.70 bits per heavy atom. The molecule has 0 radical (unpaired) electrons. The largest absolute Gasteiger partial charge is 0.457 e. The van der Waals surface area contributed by atoms with Crippen molar-refractivity contribution in [1.82, 2.24) is 0 Å². The van der Waals surface area contributed by atoms with Crippen molar-refractivity contribution in [3.8, 4) is 17.4 Å². The summed E-state index contributed by atoms with van der Waals surface area (Å²) in [7, 11) is 0. The lowest BCUT2D eigenvalue weighted by Crippen LogP contribution is -2.14. The Bertz CT molecular complexity index is 1230. The molecule has 0 aliphatic carbocycles. The van der Waals surface area contributed by atoms with Gasteiger partial charge in [-0.1, -0.05) is 29.3 Å². The first-order valence-corrected chi connectivity index (χ1v) is 8.97. The van der Waals surface area contributed by atoms with E-state index in [1.807, 2.05) is 0 Å². The van der Waals surface area contributed by atoms with Gasteiger partial charge in [0, 0.05) is 23.8 Å². The van der Waals surface area contributed by atoms with Crippen molar-refractivity contribution in [2.45, 2.75) is 0 Å². The number of hydrogen-bond acceptors (Lipinski definition) is 5.